The number of methoxy groups -OCH3 is 1. The van der Waals surface area contributed by atoms with Gasteiger partial charge in [0, 0.05) is 24.9 Å². The molecule has 0 aliphatic carbocycles. The summed E-state index contributed by atoms with van der Waals surface area (Å²) in [5.74, 6) is 0.490. The van der Waals surface area contributed by atoms with Gasteiger partial charge in [-0.05, 0) is 12.1 Å². The first kappa shape index (κ1) is 14.2. The molecular weight excluding hydrogens is 284 g/mol. The summed E-state index contributed by atoms with van der Waals surface area (Å²) in [6.07, 6.45) is 2.40. The standard InChI is InChI=1S/C15H16N4O3/c1-22-13-5-3-2-4-11(13)12-10-18(17-16-12)8-9-19-14(20)6-7-15(19)21/h2-5,10H,6-9H2,1H3. The SMILES string of the molecule is COc1ccccc1-c1cn(CCN2C(=O)CCC2=O)nn1. The molecule has 2 aromatic rings. The average Bonchev–Trinajstić information content (AvgIpc) is 3.13. The van der Waals surface area contributed by atoms with Gasteiger partial charge < -0.3 is 4.74 Å². The van der Waals surface area contributed by atoms with Crippen LogP contribution in [-0.4, -0.2) is 45.4 Å². The van der Waals surface area contributed by atoms with Crippen LogP contribution in [0.3, 0.4) is 0 Å². The molecule has 7 nitrogen and oxygen atoms in total. The minimum atomic E-state index is -0.116. The van der Waals surface area contributed by atoms with Crippen molar-refractivity contribution in [2.24, 2.45) is 0 Å². The van der Waals surface area contributed by atoms with Crippen LogP contribution in [0.4, 0.5) is 0 Å². The summed E-state index contributed by atoms with van der Waals surface area (Å²) in [5.41, 5.74) is 1.54. The maximum Gasteiger partial charge on any atom is 0.229 e. The van der Waals surface area contributed by atoms with Crippen molar-refractivity contribution in [2.45, 2.75) is 19.4 Å². The van der Waals surface area contributed by atoms with Gasteiger partial charge in [0.05, 0.1) is 19.9 Å². The van der Waals surface area contributed by atoms with E-state index < -0.39 is 0 Å². The zero-order valence-corrected chi connectivity index (χ0v) is 12.2. The van der Waals surface area contributed by atoms with Crippen LogP contribution in [0.1, 0.15) is 12.8 Å². The Bertz CT molecular complexity index is 694. The third kappa shape index (κ3) is 2.69. The van der Waals surface area contributed by atoms with E-state index in [0.717, 1.165) is 11.3 Å². The topological polar surface area (TPSA) is 77.3 Å². The number of hydrogen-bond acceptors (Lipinski definition) is 5. The number of benzene rings is 1. The number of imide groups is 1. The van der Waals surface area contributed by atoms with Crippen LogP contribution in [-0.2, 0) is 16.1 Å². The molecular formula is C15H16N4O3. The first-order valence-corrected chi connectivity index (χ1v) is 7.06. The average molecular weight is 300 g/mol. The lowest BCUT2D eigenvalue weighted by Gasteiger charge is -2.12. The Kier molecular flexibility index (Phi) is 3.86. The van der Waals surface area contributed by atoms with E-state index in [2.05, 4.69) is 10.3 Å². The fraction of sp³-hybridized carbons (Fsp3) is 0.333. The van der Waals surface area contributed by atoms with E-state index in [1.807, 2.05) is 24.3 Å². The molecule has 0 spiro atoms. The Hall–Kier alpha value is -2.70. The van der Waals surface area contributed by atoms with Gasteiger partial charge in [-0.2, -0.15) is 0 Å². The van der Waals surface area contributed by atoms with Gasteiger partial charge >= 0.3 is 0 Å². The summed E-state index contributed by atoms with van der Waals surface area (Å²) >= 11 is 0. The molecule has 2 heterocycles. The summed E-state index contributed by atoms with van der Waals surface area (Å²) in [6, 6.07) is 7.55. The maximum atomic E-state index is 11.6. The summed E-state index contributed by atoms with van der Waals surface area (Å²) in [7, 11) is 1.61. The number of carbonyl (C=O) groups is 2. The van der Waals surface area contributed by atoms with E-state index in [9.17, 15) is 9.59 Å². The third-order valence-corrected chi connectivity index (χ3v) is 3.63. The smallest absolute Gasteiger partial charge is 0.229 e. The largest absolute Gasteiger partial charge is 0.496 e. The van der Waals surface area contributed by atoms with Crippen molar-refractivity contribution in [1.29, 1.82) is 0 Å². The van der Waals surface area contributed by atoms with Crippen LogP contribution in [0.25, 0.3) is 11.3 Å². The molecule has 1 aromatic heterocycles. The van der Waals surface area contributed by atoms with Gasteiger partial charge in [-0.1, -0.05) is 17.3 Å². The monoisotopic (exact) mass is 300 g/mol. The highest BCUT2D eigenvalue weighted by Gasteiger charge is 2.28. The fourth-order valence-corrected chi connectivity index (χ4v) is 2.46. The predicted octanol–water partition coefficient (Wildman–Crippen LogP) is 1.10. The highest BCUT2D eigenvalue weighted by Crippen LogP contribution is 2.27. The molecule has 0 bridgehead atoms. The summed E-state index contributed by atoms with van der Waals surface area (Å²) in [6.45, 7) is 0.756. The summed E-state index contributed by atoms with van der Waals surface area (Å²) in [4.78, 5) is 24.4. The molecule has 0 radical (unpaired) electrons. The Morgan fingerprint density at radius 2 is 1.86 bits per heavy atom. The second-order valence-corrected chi connectivity index (χ2v) is 5.01. The minimum Gasteiger partial charge on any atom is -0.496 e. The molecule has 0 N–H and O–H groups in total. The van der Waals surface area contributed by atoms with Gasteiger partial charge in [-0.15, -0.1) is 5.10 Å². The van der Waals surface area contributed by atoms with Gasteiger partial charge in [0.15, 0.2) is 0 Å². The highest BCUT2D eigenvalue weighted by atomic mass is 16.5. The van der Waals surface area contributed by atoms with Gasteiger partial charge in [-0.25, -0.2) is 0 Å². The fourth-order valence-electron chi connectivity index (χ4n) is 2.46. The van der Waals surface area contributed by atoms with Gasteiger partial charge in [-0.3, -0.25) is 19.2 Å². The van der Waals surface area contributed by atoms with E-state index in [-0.39, 0.29) is 11.8 Å². The quantitative estimate of drug-likeness (QED) is 0.773. The van der Waals surface area contributed by atoms with Crippen LogP contribution < -0.4 is 4.74 Å². The summed E-state index contributed by atoms with van der Waals surface area (Å²) in [5, 5.41) is 8.16. The van der Waals surface area contributed by atoms with E-state index in [0.29, 0.717) is 31.6 Å². The van der Waals surface area contributed by atoms with Crippen LogP contribution in [0.2, 0.25) is 0 Å². The van der Waals surface area contributed by atoms with Crippen LogP contribution in [0.15, 0.2) is 30.5 Å². The molecule has 7 heteroatoms. The molecule has 0 atom stereocenters. The number of aromatic nitrogens is 3. The molecule has 0 saturated carbocycles. The number of carbonyl (C=O) groups excluding carboxylic acids is 2. The lowest BCUT2D eigenvalue weighted by atomic mass is 10.1. The zero-order chi connectivity index (χ0) is 15.5. The van der Waals surface area contributed by atoms with Gasteiger partial charge in [0.1, 0.15) is 11.4 Å². The molecule has 114 valence electrons. The first-order valence-electron chi connectivity index (χ1n) is 7.06. The van der Waals surface area contributed by atoms with Crippen molar-refractivity contribution in [1.82, 2.24) is 19.9 Å². The van der Waals surface area contributed by atoms with Crippen LogP contribution >= 0.6 is 0 Å². The number of para-hydroxylation sites is 1. The molecule has 1 aromatic carbocycles. The van der Waals surface area contributed by atoms with Crippen molar-refractivity contribution >= 4 is 11.8 Å². The molecule has 2 amide bonds. The lowest BCUT2D eigenvalue weighted by Crippen LogP contribution is -2.32. The van der Waals surface area contributed by atoms with Crippen molar-refractivity contribution in [2.75, 3.05) is 13.7 Å². The van der Waals surface area contributed by atoms with Gasteiger partial charge in [0.2, 0.25) is 11.8 Å². The predicted molar refractivity (Wildman–Crippen MR) is 78.0 cm³/mol. The Labute approximate surface area is 127 Å². The van der Waals surface area contributed by atoms with Crippen LogP contribution in [0, 0.1) is 0 Å². The maximum absolute atomic E-state index is 11.6. The molecule has 0 unspecified atom stereocenters. The Morgan fingerprint density at radius 3 is 2.59 bits per heavy atom. The number of rotatable bonds is 5. The van der Waals surface area contributed by atoms with E-state index in [4.69, 9.17) is 4.74 Å². The molecule has 1 aliphatic heterocycles. The number of likely N-dealkylation sites (tertiary alicyclic amines) is 1. The Morgan fingerprint density at radius 1 is 1.14 bits per heavy atom. The van der Waals surface area contributed by atoms with Crippen molar-refractivity contribution in [3.8, 4) is 17.0 Å². The summed E-state index contributed by atoms with van der Waals surface area (Å²) < 4.78 is 6.93. The number of nitrogens with zero attached hydrogens (tertiary/aromatic N) is 4. The molecule has 1 aliphatic rings. The molecule has 1 fully saturated rings. The number of amides is 2. The van der Waals surface area contributed by atoms with E-state index >= 15 is 0 Å². The highest BCUT2D eigenvalue weighted by molar-refractivity contribution is 6.01. The van der Waals surface area contributed by atoms with E-state index in [1.54, 1.807) is 18.0 Å². The first-order chi connectivity index (χ1) is 10.7. The second-order valence-electron chi connectivity index (χ2n) is 5.01. The molecule has 3 rings (SSSR count). The van der Waals surface area contributed by atoms with Gasteiger partial charge in [0.25, 0.3) is 0 Å². The second kappa shape index (κ2) is 5.97. The van der Waals surface area contributed by atoms with Crippen molar-refractivity contribution in [3.05, 3.63) is 30.5 Å². The normalized spacial score (nSPS) is 14.7. The molecule has 22 heavy (non-hydrogen) atoms. The van der Waals surface area contributed by atoms with Crippen LogP contribution in [0.5, 0.6) is 5.75 Å². The lowest BCUT2D eigenvalue weighted by molar-refractivity contribution is -0.138. The van der Waals surface area contributed by atoms with Crippen molar-refractivity contribution in [3.63, 3.8) is 0 Å². The Balaban J connectivity index is 1.71. The molecule has 1 saturated heterocycles. The van der Waals surface area contributed by atoms with E-state index in [1.165, 1.54) is 4.90 Å². The number of hydrogen-bond donors (Lipinski definition) is 0. The third-order valence-electron chi connectivity index (χ3n) is 3.63. The number of ether oxygens (including phenoxy) is 1. The zero-order valence-electron chi connectivity index (χ0n) is 12.2. The van der Waals surface area contributed by atoms with Crippen molar-refractivity contribution < 1.29 is 14.3 Å². The minimum absolute atomic E-state index is 0.116.